The van der Waals surface area contributed by atoms with Crippen LogP contribution in [-0.2, 0) is 11.2 Å². The number of benzene rings is 1. The highest BCUT2D eigenvalue weighted by atomic mass is 16.2. The lowest BCUT2D eigenvalue weighted by Gasteiger charge is -2.33. The Bertz CT molecular complexity index is 628. The van der Waals surface area contributed by atoms with Crippen LogP contribution in [-0.4, -0.2) is 34.1 Å². The van der Waals surface area contributed by atoms with Crippen LogP contribution in [0.5, 0.6) is 0 Å². The molecule has 0 saturated carbocycles. The zero-order valence-electron chi connectivity index (χ0n) is 13.3. The third-order valence-electron chi connectivity index (χ3n) is 4.65. The molecule has 0 spiro atoms. The summed E-state index contributed by atoms with van der Waals surface area (Å²) in [6, 6.07) is 10.5. The number of carbonyl (C=O) groups excluding carboxylic acids is 1. The van der Waals surface area contributed by atoms with Crippen molar-refractivity contribution in [3.8, 4) is 0 Å². The molecule has 1 saturated heterocycles. The summed E-state index contributed by atoms with van der Waals surface area (Å²) in [5.74, 6) is 0.679. The zero-order chi connectivity index (χ0) is 15.5. The Kier molecular flexibility index (Phi) is 4.27. The minimum atomic E-state index is 0.216. The second-order valence-corrected chi connectivity index (χ2v) is 6.18. The molecule has 3 rings (SSSR count). The van der Waals surface area contributed by atoms with Gasteiger partial charge in [0.2, 0.25) is 5.91 Å². The Morgan fingerprint density at radius 1 is 1.32 bits per heavy atom. The van der Waals surface area contributed by atoms with Crippen molar-refractivity contribution in [1.29, 1.82) is 0 Å². The molecule has 2 aromatic rings. The van der Waals surface area contributed by atoms with Crippen LogP contribution in [0.4, 0.5) is 0 Å². The van der Waals surface area contributed by atoms with Gasteiger partial charge >= 0.3 is 0 Å². The highest BCUT2D eigenvalue weighted by Crippen LogP contribution is 2.27. The number of amides is 1. The second-order valence-electron chi connectivity index (χ2n) is 6.18. The lowest BCUT2D eigenvalue weighted by Crippen LogP contribution is -2.40. The van der Waals surface area contributed by atoms with Crippen LogP contribution < -0.4 is 0 Å². The van der Waals surface area contributed by atoms with E-state index >= 15 is 0 Å². The number of rotatable bonds is 3. The van der Waals surface area contributed by atoms with Gasteiger partial charge in [-0.2, -0.15) is 5.10 Å². The van der Waals surface area contributed by atoms with Gasteiger partial charge in [0.05, 0.1) is 12.1 Å². The van der Waals surface area contributed by atoms with Crippen LogP contribution in [0.2, 0.25) is 0 Å². The molecule has 0 unspecified atom stereocenters. The van der Waals surface area contributed by atoms with Gasteiger partial charge in [-0.3, -0.25) is 9.89 Å². The molecule has 0 radical (unpaired) electrons. The summed E-state index contributed by atoms with van der Waals surface area (Å²) in [4.78, 5) is 14.7. The van der Waals surface area contributed by atoms with Crippen LogP contribution in [0, 0.1) is 13.8 Å². The summed E-state index contributed by atoms with van der Waals surface area (Å²) in [6.45, 7) is 5.64. The number of aromatic amines is 1. The maximum Gasteiger partial charge on any atom is 0.227 e. The minimum absolute atomic E-state index is 0.216. The van der Waals surface area contributed by atoms with Gasteiger partial charge in [0, 0.05) is 30.3 Å². The van der Waals surface area contributed by atoms with Crippen molar-refractivity contribution < 1.29 is 4.79 Å². The van der Waals surface area contributed by atoms with E-state index in [0.29, 0.717) is 12.3 Å². The van der Waals surface area contributed by atoms with Gasteiger partial charge in [-0.05, 0) is 32.3 Å². The van der Waals surface area contributed by atoms with Crippen LogP contribution >= 0.6 is 0 Å². The molecule has 0 bridgehead atoms. The van der Waals surface area contributed by atoms with E-state index in [1.54, 1.807) is 0 Å². The number of piperidine rings is 1. The number of hydrogen-bond acceptors (Lipinski definition) is 2. The molecule has 1 aromatic heterocycles. The van der Waals surface area contributed by atoms with Gasteiger partial charge in [0.25, 0.3) is 0 Å². The van der Waals surface area contributed by atoms with E-state index in [1.165, 1.54) is 5.56 Å². The van der Waals surface area contributed by atoms with Gasteiger partial charge in [-0.15, -0.1) is 0 Å². The van der Waals surface area contributed by atoms with E-state index < -0.39 is 0 Å². The number of carbonyl (C=O) groups is 1. The fraction of sp³-hybridized carbons (Fsp3) is 0.444. The average Bonchev–Trinajstić information content (AvgIpc) is 2.88. The van der Waals surface area contributed by atoms with E-state index in [-0.39, 0.29) is 5.91 Å². The summed E-state index contributed by atoms with van der Waals surface area (Å²) in [5.41, 5.74) is 4.33. The van der Waals surface area contributed by atoms with Crippen LogP contribution in [0.1, 0.15) is 41.3 Å². The molecular formula is C18H23N3O. The van der Waals surface area contributed by atoms with Gasteiger partial charge in [0.1, 0.15) is 0 Å². The average molecular weight is 297 g/mol. The van der Waals surface area contributed by atoms with Crippen LogP contribution in [0.25, 0.3) is 0 Å². The van der Waals surface area contributed by atoms with E-state index in [4.69, 9.17) is 0 Å². The number of nitrogens with one attached hydrogen (secondary N) is 1. The maximum absolute atomic E-state index is 12.6. The Labute approximate surface area is 131 Å². The van der Waals surface area contributed by atoms with E-state index in [2.05, 4.69) is 34.5 Å². The third-order valence-corrected chi connectivity index (χ3v) is 4.65. The van der Waals surface area contributed by atoms with Crippen molar-refractivity contribution in [2.75, 3.05) is 13.1 Å². The third kappa shape index (κ3) is 3.06. The summed E-state index contributed by atoms with van der Waals surface area (Å²) in [6.07, 6.45) is 2.70. The molecule has 22 heavy (non-hydrogen) atoms. The van der Waals surface area contributed by atoms with Crippen molar-refractivity contribution in [2.24, 2.45) is 0 Å². The monoisotopic (exact) mass is 297 g/mol. The normalized spacial score (nSPS) is 18.5. The predicted octanol–water partition coefficient (Wildman–Crippen LogP) is 2.98. The summed E-state index contributed by atoms with van der Waals surface area (Å²) >= 11 is 0. The molecule has 2 heterocycles. The lowest BCUT2D eigenvalue weighted by atomic mass is 9.90. The smallest absolute Gasteiger partial charge is 0.227 e. The minimum Gasteiger partial charge on any atom is -0.342 e. The molecule has 1 fully saturated rings. The Morgan fingerprint density at radius 2 is 2.09 bits per heavy atom. The number of nitrogens with zero attached hydrogens (tertiary/aromatic N) is 2. The first-order chi connectivity index (χ1) is 10.6. The number of hydrogen-bond donors (Lipinski definition) is 1. The highest BCUT2D eigenvalue weighted by Gasteiger charge is 2.25. The van der Waals surface area contributed by atoms with Crippen LogP contribution in [0.15, 0.2) is 30.3 Å². The number of aryl methyl sites for hydroxylation is 2. The van der Waals surface area contributed by atoms with Crippen molar-refractivity contribution in [3.63, 3.8) is 0 Å². The fourth-order valence-corrected chi connectivity index (χ4v) is 3.30. The Balaban J connectivity index is 1.68. The van der Waals surface area contributed by atoms with Crippen molar-refractivity contribution in [3.05, 3.63) is 52.8 Å². The largest absolute Gasteiger partial charge is 0.342 e. The van der Waals surface area contributed by atoms with E-state index in [9.17, 15) is 4.79 Å². The van der Waals surface area contributed by atoms with Gasteiger partial charge < -0.3 is 4.90 Å². The Morgan fingerprint density at radius 3 is 2.77 bits per heavy atom. The quantitative estimate of drug-likeness (QED) is 0.947. The molecule has 4 heteroatoms. The molecule has 1 atom stereocenters. The van der Waals surface area contributed by atoms with Gasteiger partial charge in [-0.1, -0.05) is 30.3 Å². The molecule has 116 valence electrons. The number of H-pyrrole nitrogens is 1. The summed E-state index contributed by atoms with van der Waals surface area (Å²) < 4.78 is 0. The molecule has 1 aromatic carbocycles. The zero-order valence-corrected chi connectivity index (χ0v) is 13.3. The van der Waals surface area contributed by atoms with Gasteiger partial charge in [-0.25, -0.2) is 0 Å². The SMILES string of the molecule is Cc1n[nH]c(C)c1CC(=O)N1CCC[C@@H](c2ccccc2)C1. The predicted molar refractivity (Wildman–Crippen MR) is 86.8 cm³/mol. The maximum atomic E-state index is 12.6. The standard InChI is InChI=1S/C18H23N3O/c1-13-17(14(2)20-19-13)11-18(22)21-10-6-9-16(12-21)15-7-4-3-5-8-15/h3-5,7-8,16H,6,9-12H2,1-2H3,(H,19,20)/t16-/m1/s1. The number of aromatic nitrogens is 2. The van der Waals surface area contributed by atoms with Crippen LogP contribution in [0.3, 0.4) is 0 Å². The van der Waals surface area contributed by atoms with Crippen molar-refractivity contribution in [1.82, 2.24) is 15.1 Å². The summed E-state index contributed by atoms with van der Waals surface area (Å²) in [7, 11) is 0. The molecule has 1 aliphatic heterocycles. The summed E-state index contributed by atoms with van der Waals surface area (Å²) in [5, 5.41) is 7.14. The second kappa shape index (κ2) is 6.34. The van der Waals surface area contributed by atoms with Crippen molar-refractivity contribution in [2.45, 2.75) is 39.0 Å². The molecule has 1 amide bonds. The molecule has 1 aliphatic rings. The lowest BCUT2D eigenvalue weighted by molar-refractivity contribution is -0.131. The van der Waals surface area contributed by atoms with E-state index in [0.717, 1.165) is 42.9 Å². The molecule has 4 nitrogen and oxygen atoms in total. The first-order valence-electron chi connectivity index (χ1n) is 7.98. The highest BCUT2D eigenvalue weighted by molar-refractivity contribution is 5.79. The van der Waals surface area contributed by atoms with Gasteiger partial charge in [0.15, 0.2) is 0 Å². The van der Waals surface area contributed by atoms with Crippen molar-refractivity contribution >= 4 is 5.91 Å². The Hall–Kier alpha value is -2.10. The fourth-order valence-electron chi connectivity index (χ4n) is 3.30. The molecular weight excluding hydrogens is 274 g/mol. The number of likely N-dealkylation sites (tertiary alicyclic amines) is 1. The first-order valence-corrected chi connectivity index (χ1v) is 7.98. The topological polar surface area (TPSA) is 49.0 Å². The molecule has 1 N–H and O–H groups in total. The molecule has 0 aliphatic carbocycles. The first kappa shape index (κ1) is 14.8. The van der Waals surface area contributed by atoms with E-state index in [1.807, 2.05) is 24.8 Å².